The molecule has 0 aliphatic heterocycles. The summed E-state index contributed by atoms with van der Waals surface area (Å²) in [5.74, 6) is 0.395. The van der Waals surface area contributed by atoms with Crippen LogP contribution in [0.2, 0.25) is 0 Å². The van der Waals surface area contributed by atoms with E-state index < -0.39 is 6.36 Å². The highest BCUT2D eigenvalue weighted by atomic mass is 19.4. The van der Waals surface area contributed by atoms with Gasteiger partial charge in [0.15, 0.2) is 5.82 Å². The van der Waals surface area contributed by atoms with E-state index in [1.807, 2.05) is 0 Å². The molecule has 0 unspecified atom stereocenters. The van der Waals surface area contributed by atoms with Gasteiger partial charge in [0.1, 0.15) is 11.5 Å². The maximum atomic E-state index is 12.4. The van der Waals surface area contributed by atoms with Gasteiger partial charge in [0.05, 0.1) is 0 Å². The van der Waals surface area contributed by atoms with Crippen LogP contribution in [0, 0.1) is 6.92 Å². The highest BCUT2D eigenvalue weighted by Crippen LogP contribution is 2.26. The number of hydrogen-bond donors (Lipinski definition) is 1. The zero-order valence-electron chi connectivity index (χ0n) is 13.8. The molecular weight excluding hydrogens is 339 g/mol. The quantitative estimate of drug-likeness (QED) is 0.823. The Morgan fingerprint density at radius 1 is 1.36 bits per heavy atom. The molecule has 0 fully saturated rings. The average Bonchev–Trinajstić information content (AvgIpc) is 2.91. The summed E-state index contributed by atoms with van der Waals surface area (Å²) in [7, 11) is 1.71. The van der Waals surface area contributed by atoms with E-state index in [0.717, 1.165) is 0 Å². The lowest BCUT2D eigenvalue weighted by Crippen LogP contribution is -2.25. The van der Waals surface area contributed by atoms with Gasteiger partial charge in [-0.1, -0.05) is 23.4 Å². The predicted molar refractivity (Wildman–Crippen MR) is 83.9 cm³/mol. The molecule has 2 aromatic rings. The van der Waals surface area contributed by atoms with Gasteiger partial charge >= 0.3 is 6.36 Å². The third-order valence-electron chi connectivity index (χ3n) is 3.25. The van der Waals surface area contributed by atoms with E-state index in [0.29, 0.717) is 23.7 Å². The van der Waals surface area contributed by atoms with Gasteiger partial charge in [0.25, 0.3) is 0 Å². The number of nitrogens with zero attached hydrogens (tertiary/aromatic N) is 2. The minimum atomic E-state index is -4.75. The fourth-order valence-electron chi connectivity index (χ4n) is 2.15. The lowest BCUT2D eigenvalue weighted by Gasteiger charge is -2.19. The second-order valence-corrected chi connectivity index (χ2v) is 5.51. The standard InChI is InChI=1S/C16H18F3N3O3/c1-11-9-14(21-25-11)20-15(23)7-8-22(2)10-12-5-3-4-6-13(12)24-16(17,18)19/h3-6,9H,7-8,10H2,1-2H3,(H,20,21,23). The molecule has 1 N–H and O–H groups in total. The molecule has 136 valence electrons. The number of nitrogens with one attached hydrogen (secondary N) is 1. The maximum Gasteiger partial charge on any atom is 0.573 e. The molecular formula is C16H18F3N3O3. The average molecular weight is 357 g/mol. The first-order chi connectivity index (χ1) is 11.7. The molecule has 6 nitrogen and oxygen atoms in total. The molecule has 0 radical (unpaired) electrons. The fourth-order valence-corrected chi connectivity index (χ4v) is 2.15. The Morgan fingerprint density at radius 3 is 2.72 bits per heavy atom. The van der Waals surface area contributed by atoms with Crippen LogP contribution in [0.15, 0.2) is 34.9 Å². The van der Waals surface area contributed by atoms with Crippen LogP contribution in [0.3, 0.4) is 0 Å². The second-order valence-electron chi connectivity index (χ2n) is 5.51. The maximum absolute atomic E-state index is 12.4. The number of para-hydroxylation sites is 1. The van der Waals surface area contributed by atoms with Crippen LogP contribution in [-0.4, -0.2) is 35.9 Å². The van der Waals surface area contributed by atoms with Crippen molar-refractivity contribution < 1.29 is 27.2 Å². The lowest BCUT2D eigenvalue weighted by molar-refractivity contribution is -0.275. The Labute approximate surface area is 142 Å². The summed E-state index contributed by atoms with van der Waals surface area (Å²) < 4.78 is 46.1. The highest BCUT2D eigenvalue weighted by molar-refractivity contribution is 5.89. The molecule has 0 aliphatic carbocycles. The largest absolute Gasteiger partial charge is 0.573 e. The number of amides is 1. The Morgan fingerprint density at radius 2 is 2.08 bits per heavy atom. The third kappa shape index (κ3) is 6.46. The number of hydrogen-bond acceptors (Lipinski definition) is 5. The molecule has 2 rings (SSSR count). The lowest BCUT2D eigenvalue weighted by atomic mass is 10.2. The van der Waals surface area contributed by atoms with E-state index in [2.05, 4.69) is 15.2 Å². The smallest absolute Gasteiger partial charge is 0.405 e. The summed E-state index contributed by atoms with van der Waals surface area (Å²) in [6.07, 6.45) is -4.59. The van der Waals surface area contributed by atoms with Crippen molar-refractivity contribution in [2.24, 2.45) is 0 Å². The minimum absolute atomic E-state index is 0.157. The van der Waals surface area contributed by atoms with Crippen LogP contribution < -0.4 is 10.1 Å². The highest BCUT2D eigenvalue weighted by Gasteiger charge is 2.32. The van der Waals surface area contributed by atoms with Crippen molar-refractivity contribution in [2.75, 3.05) is 18.9 Å². The van der Waals surface area contributed by atoms with Crippen LogP contribution in [0.4, 0.5) is 19.0 Å². The van der Waals surface area contributed by atoms with E-state index in [1.165, 1.54) is 12.1 Å². The molecule has 0 bridgehead atoms. The summed E-state index contributed by atoms with van der Waals surface area (Å²) >= 11 is 0. The molecule has 1 aromatic carbocycles. The molecule has 9 heteroatoms. The molecule has 0 aliphatic rings. The molecule has 1 heterocycles. The summed E-state index contributed by atoms with van der Waals surface area (Å²) in [6.45, 7) is 2.27. The van der Waals surface area contributed by atoms with E-state index in [-0.39, 0.29) is 24.6 Å². The number of alkyl halides is 3. The van der Waals surface area contributed by atoms with Crippen LogP contribution in [0.5, 0.6) is 5.75 Å². The van der Waals surface area contributed by atoms with Crippen molar-refractivity contribution in [1.29, 1.82) is 0 Å². The normalized spacial score (nSPS) is 11.6. The zero-order valence-corrected chi connectivity index (χ0v) is 13.8. The number of halogens is 3. The van der Waals surface area contributed by atoms with E-state index in [1.54, 1.807) is 37.1 Å². The van der Waals surface area contributed by atoms with Gasteiger partial charge in [-0.2, -0.15) is 0 Å². The Hall–Kier alpha value is -2.55. The molecule has 0 saturated heterocycles. The van der Waals surface area contributed by atoms with Gasteiger partial charge in [0, 0.05) is 31.1 Å². The second kappa shape index (κ2) is 8.02. The number of carbonyl (C=O) groups is 1. The number of rotatable bonds is 7. The van der Waals surface area contributed by atoms with Crippen molar-refractivity contribution in [3.05, 3.63) is 41.7 Å². The van der Waals surface area contributed by atoms with Gasteiger partial charge in [-0.05, 0) is 20.0 Å². The number of carbonyl (C=O) groups excluding carboxylic acids is 1. The van der Waals surface area contributed by atoms with Crippen LogP contribution in [0.25, 0.3) is 0 Å². The number of ether oxygens (including phenoxy) is 1. The summed E-state index contributed by atoms with van der Waals surface area (Å²) in [5.41, 5.74) is 0.384. The first kappa shape index (κ1) is 18.8. The number of anilines is 1. The monoisotopic (exact) mass is 357 g/mol. The predicted octanol–water partition coefficient (Wildman–Crippen LogP) is 3.34. The molecule has 0 spiro atoms. The number of aromatic nitrogens is 1. The van der Waals surface area contributed by atoms with Crippen molar-refractivity contribution in [3.63, 3.8) is 0 Å². The van der Waals surface area contributed by atoms with Gasteiger partial charge in [-0.15, -0.1) is 13.2 Å². The molecule has 1 amide bonds. The third-order valence-corrected chi connectivity index (χ3v) is 3.25. The topological polar surface area (TPSA) is 67.6 Å². The molecule has 1 aromatic heterocycles. The molecule has 0 saturated carbocycles. The molecule has 0 atom stereocenters. The van der Waals surface area contributed by atoms with E-state index in [9.17, 15) is 18.0 Å². The van der Waals surface area contributed by atoms with Crippen molar-refractivity contribution in [3.8, 4) is 5.75 Å². The van der Waals surface area contributed by atoms with Gasteiger partial charge in [0.2, 0.25) is 5.91 Å². The van der Waals surface area contributed by atoms with Crippen LogP contribution in [-0.2, 0) is 11.3 Å². The van der Waals surface area contributed by atoms with Crippen LogP contribution >= 0.6 is 0 Å². The Bertz CT molecular complexity index is 716. The van der Waals surface area contributed by atoms with Crippen molar-refractivity contribution in [1.82, 2.24) is 10.1 Å². The summed E-state index contributed by atoms with van der Waals surface area (Å²) in [4.78, 5) is 13.6. The zero-order chi connectivity index (χ0) is 18.4. The summed E-state index contributed by atoms with van der Waals surface area (Å²) in [6, 6.07) is 7.50. The first-order valence-electron chi connectivity index (χ1n) is 7.48. The van der Waals surface area contributed by atoms with E-state index in [4.69, 9.17) is 4.52 Å². The van der Waals surface area contributed by atoms with E-state index >= 15 is 0 Å². The SMILES string of the molecule is Cc1cc(NC(=O)CCN(C)Cc2ccccc2OC(F)(F)F)no1. The van der Waals surface area contributed by atoms with Crippen LogP contribution in [0.1, 0.15) is 17.7 Å². The van der Waals surface area contributed by atoms with Gasteiger partial charge in [-0.25, -0.2) is 0 Å². The minimum Gasteiger partial charge on any atom is -0.405 e. The number of benzene rings is 1. The number of aryl methyl sites for hydroxylation is 1. The first-order valence-corrected chi connectivity index (χ1v) is 7.48. The molecule has 25 heavy (non-hydrogen) atoms. The summed E-state index contributed by atoms with van der Waals surface area (Å²) in [5, 5.41) is 6.23. The van der Waals surface area contributed by atoms with Crippen molar-refractivity contribution >= 4 is 11.7 Å². The van der Waals surface area contributed by atoms with Gasteiger partial charge in [-0.3, -0.25) is 4.79 Å². The Kier molecular flexibility index (Phi) is 6.02. The van der Waals surface area contributed by atoms with Gasteiger partial charge < -0.3 is 19.5 Å². The Balaban J connectivity index is 1.86. The fraction of sp³-hybridized carbons (Fsp3) is 0.375. The van der Waals surface area contributed by atoms with Crippen molar-refractivity contribution in [2.45, 2.75) is 26.3 Å².